The van der Waals surface area contributed by atoms with Gasteiger partial charge in [-0.1, -0.05) is 95.6 Å². The fourth-order valence-electron chi connectivity index (χ4n) is 14.6. The number of halogens is 2. The molecule has 7 aliphatic heterocycles. The average Bonchev–Trinajstić information content (AvgIpc) is 0.765. The molecule has 2 fully saturated rings. The molecule has 0 aliphatic carbocycles. The molecule has 8 amide bonds. The van der Waals surface area contributed by atoms with E-state index in [1.165, 1.54) is 24.8 Å². The van der Waals surface area contributed by atoms with Gasteiger partial charge in [-0.2, -0.15) is 0 Å². The van der Waals surface area contributed by atoms with Crippen molar-refractivity contribution < 1.29 is 132 Å². The van der Waals surface area contributed by atoms with E-state index in [0.29, 0.717) is 30.1 Å². The molecule has 0 saturated carbocycles. The van der Waals surface area contributed by atoms with Crippen molar-refractivity contribution >= 4 is 93.3 Å². The molecule has 22 N–H and O–H groups in total. The minimum atomic E-state index is -2.41. The number of aromatic hydroxyl groups is 3. The highest BCUT2D eigenvalue weighted by Gasteiger charge is 2.52. The highest BCUT2D eigenvalue weighted by atomic mass is 35.5. The molecule has 37 nitrogen and oxygen atoms in total. The second kappa shape index (κ2) is 38.7. The number of fused-ring (bicyclic) bond motifs is 15. The number of carboxylic acid groups (broad SMARTS) is 1. The summed E-state index contributed by atoms with van der Waals surface area (Å²) in [5.41, 5.74) is 9.16. The normalized spacial score (nSPS) is 26.2. The smallest absolute Gasteiger partial charge is 0.322 e. The molecular formula is C82H88Cl2N10O27S. The van der Waals surface area contributed by atoms with Gasteiger partial charge < -0.3 is 138 Å². The quantitative estimate of drug-likeness (QED) is 0.0432. The van der Waals surface area contributed by atoms with Gasteiger partial charge >= 0.3 is 5.97 Å². The van der Waals surface area contributed by atoms with Crippen LogP contribution in [-0.2, 0) is 75.1 Å². The molecule has 7 aromatic carbocycles. The first-order valence-corrected chi connectivity index (χ1v) is 39.9. The summed E-state index contributed by atoms with van der Waals surface area (Å²) >= 11 is 15.5. The molecular weight excluding hydrogens is 1660 g/mol. The lowest BCUT2D eigenvalue weighted by molar-refractivity contribution is -0.334. The van der Waals surface area contributed by atoms with Gasteiger partial charge in [0.05, 0.1) is 47.9 Å². The summed E-state index contributed by atoms with van der Waals surface area (Å²) in [6.45, 7) is 3.06. The van der Waals surface area contributed by atoms with Gasteiger partial charge in [0.25, 0.3) is 0 Å². The average molecular weight is 1750 g/mol. The van der Waals surface area contributed by atoms with Crippen LogP contribution >= 0.6 is 35.0 Å². The van der Waals surface area contributed by atoms with E-state index in [2.05, 4.69) is 42.5 Å². The number of carbonyl (C=O) groups excluding carboxylic acids is 9. The lowest BCUT2D eigenvalue weighted by atomic mass is 9.84. The van der Waals surface area contributed by atoms with E-state index in [-0.39, 0.29) is 41.4 Å². The summed E-state index contributed by atoms with van der Waals surface area (Å²) in [6, 6.07) is 13.9. The largest absolute Gasteiger partial charge is 0.508 e. The highest BCUT2D eigenvalue weighted by molar-refractivity contribution is 8.13. The molecule has 11 bridgehead atoms. The monoisotopic (exact) mass is 1750 g/mol. The van der Waals surface area contributed by atoms with Gasteiger partial charge in [0, 0.05) is 48.4 Å². The lowest BCUT2D eigenvalue weighted by Crippen LogP contribution is -2.65. The zero-order valence-electron chi connectivity index (χ0n) is 65.1. The number of aliphatic hydroxyl groups is 6. The Morgan fingerprint density at radius 2 is 1.34 bits per heavy atom. The maximum atomic E-state index is 16.3. The molecule has 648 valence electrons. The molecule has 40 heteroatoms. The van der Waals surface area contributed by atoms with Crippen molar-refractivity contribution in [1.82, 2.24) is 42.5 Å². The van der Waals surface area contributed by atoms with E-state index < -0.39 is 260 Å². The number of aliphatic carboxylic acids is 1. The minimum Gasteiger partial charge on any atom is -0.508 e. The van der Waals surface area contributed by atoms with Crippen LogP contribution in [0, 0.1) is 0 Å². The molecule has 7 heterocycles. The SMILES string of the molecule is CC(=O)SCCCOc1cccc(CN[C@@]2(C)C[C@H](O[C@H]3[C@H](Oc4c5cc6cc4Oc4ccc(cc4Cl)[C@@H](O)[C@@H](NC(=O)[C@@H](N)Cc4ccccc4)C(=O)N[C@@H](CC(N)=O)C(=O)N[C@H]6C(=O)N[C@H]4C(=O)N[C@H](C(=O)N[C@H](C(=O)NCC(=O)O)c6cc(O)cc(O)c6-c6cc4ccc6O)[C@H](O)c4ccc(c(Cl)c4)O5)O[C@H](CO)[C@@H](O)[C@@H]3O)O[C@@H](C)[C@H]2O)c1. The zero-order chi connectivity index (χ0) is 87.9. The summed E-state index contributed by atoms with van der Waals surface area (Å²) in [5, 5.41) is 135. The van der Waals surface area contributed by atoms with Crippen LogP contribution < -0.4 is 72.9 Å². The van der Waals surface area contributed by atoms with Crippen LogP contribution in [0.3, 0.4) is 0 Å². The van der Waals surface area contributed by atoms with Gasteiger partial charge in [-0.25, -0.2) is 0 Å². The predicted molar refractivity (Wildman–Crippen MR) is 430 cm³/mol. The fraction of sp³-hybridized carbons (Fsp3) is 0.366. The van der Waals surface area contributed by atoms with Gasteiger partial charge in [-0.15, -0.1) is 0 Å². The van der Waals surface area contributed by atoms with Crippen molar-refractivity contribution in [3.63, 3.8) is 0 Å². The standard InChI is InChI=1S/C82H88Cl2N10O27S/c1-35-73(107)82(3,88-32-38-11-7-12-44(21-38)115-19-8-20-122-36(2)96)31-60(116-35)120-72-70(106)69(105)57(34-95)119-81(72)121-71-55-26-42-27-56(71)118-54-18-15-41(25-48(54)84)68(104)66-80(114)92-64(76(110)87-33-59(101)102)46-28-43(97)29-52(99)61(46)45-23-39(13-16-51(45)98)62(77(111)94-66)91-78(112)63(42)90-75(109)50(30-58(86)100)89-79(113)65(67(103)40-14-17-53(117-55)47(83)24-40)93-74(108)49(85)22-37-9-5-4-6-10-37/h4-7,9-18,21,23-29,35,49-50,57,60,62-70,72-73,81,88,95,97-99,103-107H,8,19-20,22,30-34,85H2,1-3H3,(H2,86,100)(H,87,110)(H,89,113)(H,90,109)(H,91,112)(H,92,114)(H,93,108)(H,94,111)(H,101,102)/t35-,49-,50-,57+,60-,62+,63+,64-,65+,66-,67+,68+,69+,70-,72+,73+,81-,82-/m0/s1. The third kappa shape index (κ3) is 20.8. The number of benzene rings is 7. The van der Waals surface area contributed by atoms with Crippen molar-refractivity contribution in [2.45, 2.75) is 162 Å². The van der Waals surface area contributed by atoms with Gasteiger partial charge in [-0.05, 0) is 132 Å². The van der Waals surface area contributed by atoms with E-state index in [1.807, 2.05) is 6.07 Å². The van der Waals surface area contributed by atoms with Crippen LogP contribution in [0.5, 0.6) is 51.7 Å². The number of phenols is 3. The predicted octanol–water partition coefficient (Wildman–Crippen LogP) is 2.04. The molecule has 2 saturated heterocycles. The summed E-state index contributed by atoms with van der Waals surface area (Å²) in [7, 11) is 0. The number of rotatable bonds is 22. The van der Waals surface area contributed by atoms with Crippen molar-refractivity contribution in [3.05, 3.63) is 182 Å². The molecule has 0 unspecified atom stereocenters. The highest BCUT2D eigenvalue weighted by Crippen LogP contribution is 2.50. The van der Waals surface area contributed by atoms with E-state index in [9.17, 15) is 75.0 Å². The zero-order valence-corrected chi connectivity index (χ0v) is 67.4. The van der Waals surface area contributed by atoms with Crippen LogP contribution in [0.2, 0.25) is 10.0 Å². The number of amides is 8. The number of carboxylic acids is 1. The number of primary amides is 1. The third-order valence-corrected chi connectivity index (χ3v) is 22.4. The van der Waals surface area contributed by atoms with E-state index >= 15 is 24.0 Å². The third-order valence-electron chi connectivity index (χ3n) is 20.9. The van der Waals surface area contributed by atoms with Crippen molar-refractivity contribution in [2.75, 3.05) is 25.5 Å². The molecule has 7 aromatic rings. The summed E-state index contributed by atoms with van der Waals surface area (Å²) in [4.78, 5) is 143. The molecule has 0 spiro atoms. The number of nitrogens with one attached hydrogen (secondary N) is 8. The molecule has 7 aliphatic rings. The number of aliphatic hydroxyl groups excluding tert-OH is 6. The number of ether oxygens (including phenoxy) is 7. The number of phenolic OH excluding ortho intramolecular Hbond substituents is 3. The number of hydrogen-bond donors (Lipinski definition) is 20. The Morgan fingerprint density at radius 3 is 1.99 bits per heavy atom. The topological polar surface area (TPSA) is 586 Å². The van der Waals surface area contributed by atoms with Crippen LogP contribution in [0.4, 0.5) is 0 Å². The summed E-state index contributed by atoms with van der Waals surface area (Å²) < 4.78 is 45.4. The first-order valence-electron chi connectivity index (χ1n) is 38.2. The van der Waals surface area contributed by atoms with Crippen LogP contribution in [-0.4, -0.2) is 214 Å². The summed E-state index contributed by atoms with van der Waals surface area (Å²) in [5.74, 6) is -16.7. The molecule has 14 rings (SSSR count). The second-order valence-corrected chi connectivity index (χ2v) is 31.9. The molecule has 122 heavy (non-hydrogen) atoms. The summed E-state index contributed by atoms with van der Waals surface area (Å²) in [6.07, 6.45) is -18.9. The lowest BCUT2D eigenvalue weighted by Gasteiger charge is -2.48. The van der Waals surface area contributed by atoms with Crippen LogP contribution in [0.15, 0.2) is 133 Å². The first-order chi connectivity index (χ1) is 58.0. The van der Waals surface area contributed by atoms with Crippen molar-refractivity contribution in [1.29, 1.82) is 0 Å². The van der Waals surface area contributed by atoms with E-state index in [1.54, 1.807) is 62.4 Å². The number of hydrogen-bond acceptors (Lipinski definition) is 29. The van der Waals surface area contributed by atoms with E-state index in [0.717, 1.165) is 78.4 Å². The van der Waals surface area contributed by atoms with Crippen molar-refractivity contribution in [2.24, 2.45) is 11.5 Å². The fourth-order valence-corrected chi connectivity index (χ4v) is 15.6. The molecule has 0 aromatic heterocycles. The van der Waals surface area contributed by atoms with E-state index in [4.69, 9.17) is 67.8 Å². The van der Waals surface area contributed by atoms with Crippen LogP contribution in [0.1, 0.15) is 109 Å². The number of carbonyl (C=O) groups is 10. The Labute approximate surface area is 709 Å². The van der Waals surface area contributed by atoms with Crippen LogP contribution in [0.25, 0.3) is 11.1 Å². The van der Waals surface area contributed by atoms with Gasteiger partial charge in [-0.3, -0.25) is 47.9 Å². The van der Waals surface area contributed by atoms with Crippen molar-refractivity contribution in [3.8, 4) is 62.9 Å². The second-order valence-electron chi connectivity index (χ2n) is 29.8. The Morgan fingerprint density at radius 1 is 0.689 bits per heavy atom. The Bertz CT molecular complexity index is 5160. The molecule has 0 radical (unpaired) electrons. The maximum Gasteiger partial charge on any atom is 0.322 e. The van der Waals surface area contributed by atoms with Gasteiger partial charge in [0.2, 0.25) is 59.3 Å². The Balaban J connectivity index is 1.03. The van der Waals surface area contributed by atoms with Gasteiger partial charge in [0.1, 0.15) is 108 Å². The number of thioether (sulfide) groups is 1. The number of nitrogens with two attached hydrogens (primary N) is 2. The Kier molecular flexibility index (Phi) is 28.5. The first kappa shape index (κ1) is 89.8. The molecule has 18 atom stereocenters. The maximum absolute atomic E-state index is 16.3. The van der Waals surface area contributed by atoms with Gasteiger partial charge in [0.15, 0.2) is 29.0 Å². The Hall–Kier alpha value is -11.5. The minimum absolute atomic E-state index is 0.0224.